The molecule has 0 atom stereocenters. The third-order valence-corrected chi connectivity index (χ3v) is 6.21. The van der Waals surface area contributed by atoms with Crippen LogP contribution in [0.25, 0.3) is 0 Å². The summed E-state index contributed by atoms with van der Waals surface area (Å²) in [6.45, 7) is 3.25. The van der Waals surface area contributed by atoms with Gasteiger partial charge in [-0.25, -0.2) is 17.9 Å². The maximum atomic E-state index is 12.2. The molecule has 108 valence electrons. The molecule has 0 aromatic carbocycles. The Balaban J connectivity index is 3.06. The van der Waals surface area contributed by atoms with Gasteiger partial charge in [-0.2, -0.15) is 0 Å². The van der Waals surface area contributed by atoms with E-state index in [1.54, 1.807) is 13.8 Å². The lowest BCUT2D eigenvalue weighted by atomic mass is 9.96. The molecular weight excluding hydrogens is 290 g/mol. The summed E-state index contributed by atoms with van der Waals surface area (Å²) in [6.07, 6.45) is 0.882. The number of carboxylic acids is 1. The minimum Gasteiger partial charge on any atom is -0.477 e. The predicted molar refractivity (Wildman–Crippen MR) is 72.0 cm³/mol. The molecule has 0 unspecified atom stereocenters. The van der Waals surface area contributed by atoms with Crippen LogP contribution in [0, 0.1) is 0 Å². The number of hydrogen-bond acceptors (Lipinski definition) is 5. The fourth-order valence-corrected chi connectivity index (χ4v) is 4.25. The molecule has 0 radical (unpaired) electrons. The van der Waals surface area contributed by atoms with Crippen molar-refractivity contribution in [2.45, 2.75) is 36.4 Å². The highest BCUT2D eigenvalue weighted by atomic mass is 32.2. The van der Waals surface area contributed by atoms with Crippen LogP contribution >= 0.6 is 11.3 Å². The Morgan fingerprint density at radius 3 is 2.32 bits per heavy atom. The van der Waals surface area contributed by atoms with Gasteiger partial charge in [-0.1, -0.05) is 13.8 Å². The molecule has 0 saturated carbocycles. The van der Waals surface area contributed by atoms with Crippen molar-refractivity contribution in [2.75, 3.05) is 6.61 Å². The first-order valence-electron chi connectivity index (χ1n) is 5.78. The van der Waals surface area contributed by atoms with E-state index >= 15 is 0 Å². The lowest BCUT2D eigenvalue weighted by molar-refractivity contribution is 0.0702. The summed E-state index contributed by atoms with van der Waals surface area (Å²) >= 11 is 0.688. The van der Waals surface area contributed by atoms with E-state index in [9.17, 15) is 18.3 Å². The Morgan fingerprint density at radius 2 is 1.95 bits per heavy atom. The van der Waals surface area contributed by atoms with Crippen LogP contribution in [-0.2, 0) is 10.0 Å². The first-order chi connectivity index (χ1) is 8.80. The molecule has 1 heterocycles. The molecule has 0 aliphatic heterocycles. The molecule has 0 aliphatic rings. The van der Waals surface area contributed by atoms with Crippen LogP contribution in [0.3, 0.4) is 0 Å². The summed E-state index contributed by atoms with van der Waals surface area (Å²) in [5.74, 6) is -1.16. The van der Waals surface area contributed by atoms with Crippen molar-refractivity contribution in [3.05, 3.63) is 17.0 Å². The topological polar surface area (TPSA) is 104 Å². The Bertz CT molecular complexity index is 537. The maximum Gasteiger partial charge on any atom is 0.345 e. The molecule has 0 bridgehead atoms. The van der Waals surface area contributed by atoms with Crippen molar-refractivity contribution >= 4 is 27.3 Å². The Morgan fingerprint density at radius 1 is 1.37 bits per heavy atom. The van der Waals surface area contributed by atoms with E-state index in [4.69, 9.17) is 5.11 Å². The highest BCUT2D eigenvalue weighted by molar-refractivity contribution is 7.91. The normalized spacial score (nSPS) is 12.6. The maximum absolute atomic E-state index is 12.2. The Hall–Kier alpha value is -0.960. The van der Waals surface area contributed by atoms with Gasteiger partial charge < -0.3 is 10.2 Å². The predicted octanol–water partition coefficient (Wildman–Crippen LogP) is 1.28. The number of rotatable bonds is 7. The molecule has 3 N–H and O–H groups in total. The molecule has 0 fully saturated rings. The van der Waals surface area contributed by atoms with Crippen LogP contribution in [0.15, 0.2) is 16.3 Å². The molecule has 1 rings (SSSR count). The number of hydrogen-bond donors (Lipinski definition) is 3. The second-order valence-corrected chi connectivity index (χ2v) is 7.17. The summed E-state index contributed by atoms with van der Waals surface area (Å²) < 4.78 is 26.7. The second-order valence-electron chi connectivity index (χ2n) is 4.17. The van der Waals surface area contributed by atoms with Crippen molar-refractivity contribution in [1.82, 2.24) is 4.72 Å². The minimum atomic E-state index is -3.82. The van der Waals surface area contributed by atoms with Crippen LogP contribution in [0.1, 0.15) is 36.4 Å². The highest BCUT2D eigenvalue weighted by Crippen LogP contribution is 2.24. The van der Waals surface area contributed by atoms with E-state index in [0.717, 1.165) is 0 Å². The summed E-state index contributed by atoms with van der Waals surface area (Å²) in [4.78, 5) is 10.7. The largest absolute Gasteiger partial charge is 0.477 e. The molecule has 0 aliphatic carbocycles. The molecule has 8 heteroatoms. The van der Waals surface area contributed by atoms with Gasteiger partial charge in [-0.3, -0.25) is 0 Å². The van der Waals surface area contributed by atoms with Gasteiger partial charge in [0.15, 0.2) is 0 Å². The quantitative estimate of drug-likeness (QED) is 0.704. The Labute approximate surface area is 116 Å². The molecule has 1 aromatic rings. The zero-order valence-corrected chi connectivity index (χ0v) is 12.3. The van der Waals surface area contributed by atoms with Crippen molar-refractivity contribution in [3.8, 4) is 0 Å². The van der Waals surface area contributed by atoms with Gasteiger partial charge >= 0.3 is 5.97 Å². The zero-order valence-electron chi connectivity index (χ0n) is 10.7. The number of aliphatic hydroxyl groups excluding tert-OH is 1. The van der Waals surface area contributed by atoms with Crippen LogP contribution in [0.2, 0.25) is 0 Å². The molecule has 1 aromatic heterocycles. The standard InChI is InChI=1S/C11H17NO5S2/c1-3-11(4-2,7-13)12-19(16,17)9-6-5-8(18-9)10(14)15/h5-6,12-13H,3-4,7H2,1-2H3,(H,14,15). The average molecular weight is 307 g/mol. The number of carboxylic acid groups (broad SMARTS) is 1. The van der Waals surface area contributed by atoms with E-state index in [2.05, 4.69) is 4.72 Å². The van der Waals surface area contributed by atoms with Gasteiger partial charge in [0.1, 0.15) is 9.09 Å². The van der Waals surface area contributed by atoms with Gasteiger partial charge in [0.05, 0.1) is 12.1 Å². The van der Waals surface area contributed by atoms with Crippen LogP contribution in [-0.4, -0.2) is 36.7 Å². The van der Waals surface area contributed by atoms with E-state index in [-0.39, 0.29) is 15.7 Å². The SMILES string of the molecule is CCC(CC)(CO)NS(=O)(=O)c1ccc(C(=O)O)s1. The van der Waals surface area contributed by atoms with E-state index < -0.39 is 21.5 Å². The van der Waals surface area contributed by atoms with E-state index in [1.165, 1.54) is 12.1 Å². The summed E-state index contributed by atoms with van der Waals surface area (Å²) in [6, 6.07) is 2.50. The fraction of sp³-hybridized carbons (Fsp3) is 0.545. The number of aromatic carboxylic acids is 1. The molecule has 0 amide bonds. The minimum absolute atomic E-state index is 0.0389. The summed E-state index contributed by atoms with van der Waals surface area (Å²) in [5, 5.41) is 18.2. The summed E-state index contributed by atoms with van der Waals surface area (Å²) in [7, 11) is -3.82. The monoisotopic (exact) mass is 307 g/mol. The van der Waals surface area contributed by atoms with Crippen molar-refractivity contribution in [3.63, 3.8) is 0 Å². The van der Waals surface area contributed by atoms with Crippen molar-refractivity contribution in [2.24, 2.45) is 0 Å². The molecular formula is C11H17NO5S2. The van der Waals surface area contributed by atoms with E-state index in [1.807, 2.05) is 0 Å². The third-order valence-electron chi connectivity index (χ3n) is 3.06. The Kier molecular flexibility index (Phi) is 5.08. The highest BCUT2D eigenvalue weighted by Gasteiger charge is 2.32. The van der Waals surface area contributed by atoms with Gasteiger partial charge in [0, 0.05) is 0 Å². The van der Waals surface area contributed by atoms with Crippen LogP contribution < -0.4 is 4.72 Å². The molecule has 19 heavy (non-hydrogen) atoms. The number of sulfonamides is 1. The number of carbonyl (C=O) groups is 1. The number of nitrogens with one attached hydrogen (secondary N) is 1. The van der Waals surface area contributed by atoms with Crippen LogP contribution in [0.4, 0.5) is 0 Å². The van der Waals surface area contributed by atoms with E-state index in [0.29, 0.717) is 24.2 Å². The lowest BCUT2D eigenvalue weighted by Gasteiger charge is -2.29. The van der Waals surface area contributed by atoms with Crippen molar-refractivity contribution < 1.29 is 23.4 Å². The summed E-state index contributed by atoms with van der Waals surface area (Å²) in [5.41, 5.74) is -0.911. The third kappa shape index (κ3) is 3.53. The van der Waals surface area contributed by atoms with Crippen molar-refractivity contribution in [1.29, 1.82) is 0 Å². The van der Waals surface area contributed by atoms with Gasteiger partial charge in [-0.05, 0) is 25.0 Å². The van der Waals surface area contributed by atoms with Gasteiger partial charge in [0.25, 0.3) is 10.0 Å². The van der Waals surface area contributed by atoms with Gasteiger partial charge in [-0.15, -0.1) is 11.3 Å². The molecule has 6 nitrogen and oxygen atoms in total. The first-order valence-corrected chi connectivity index (χ1v) is 8.08. The smallest absolute Gasteiger partial charge is 0.345 e. The average Bonchev–Trinajstić information content (AvgIpc) is 2.86. The molecule has 0 saturated heterocycles. The first kappa shape index (κ1) is 16.1. The number of aliphatic hydroxyl groups is 1. The second kappa shape index (κ2) is 6.00. The van der Waals surface area contributed by atoms with Gasteiger partial charge in [0.2, 0.25) is 0 Å². The van der Waals surface area contributed by atoms with Crippen LogP contribution in [0.5, 0.6) is 0 Å². The lowest BCUT2D eigenvalue weighted by Crippen LogP contribution is -2.50. The zero-order chi connectivity index (χ0) is 14.7. The number of thiophene rings is 1. The molecule has 0 spiro atoms. The fourth-order valence-electron chi connectivity index (χ4n) is 1.57.